The van der Waals surface area contributed by atoms with E-state index >= 15 is 0 Å². The Morgan fingerprint density at radius 3 is 2.75 bits per heavy atom. The molecule has 1 N–H and O–H groups in total. The fourth-order valence-corrected chi connectivity index (χ4v) is 3.36. The Morgan fingerprint density at radius 1 is 1.38 bits per heavy atom. The summed E-state index contributed by atoms with van der Waals surface area (Å²) < 4.78 is 5.50. The second-order valence-corrected chi connectivity index (χ2v) is 7.48. The first kappa shape index (κ1) is 18.8. The van der Waals surface area contributed by atoms with Gasteiger partial charge >= 0.3 is 0 Å². The number of nitrogens with zero attached hydrogens (tertiary/aromatic N) is 2. The molecular weight excluding hydrogens is 298 g/mol. The Hall–Kier alpha value is -1.55. The molecule has 2 rings (SSSR count). The molecule has 4 nitrogen and oxygen atoms in total. The van der Waals surface area contributed by atoms with Gasteiger partial charge in [0.1, 0.15) is 0 Å². The highest BCUT2D eigenvalue weighted by Gasteiger charge is 2.23. The molecule has 0 amide bonds. The van der Waals surface area contributed by atoms with Crippen LogP contribution in [0.2, 0.25) is 0 Å². The maximum Gasteiger partial charge on any atom is 0.193 e. The quantitative estimate of drug-likeness (QED) is 0.642. The Bertz CT molecular complexity index is 548. The van der Waals surface area contributed by atoms with Gasteiger partial charge in [-0.2, -0.15) is 0 Å². The third-order valence-corrected chi connectivity index (χ3v) is 4.75. The molecule has 0 aliphatic carbocycles. The zero-order valence-corrected chi connectivity index (χ0v) is 15.9. The van der Waals surface area contributed by atoms with Crippen LogP contribution in [0, 0.1) is 12.8 Å². The van der Waals surface area contributed by atoms with Crippen molar-refractivity contribution in [2.75, 3.05) is 39.9 Å². The van der Waals surface area contributed by atoms with Gasteiger partial charge in [-0.05, 0) is 31.4 Å². The molecule has 0 radical (unpaired) electrons. The van der Waals surface area contributed by atoms with Crippen molar-refractivity contribution in [1.29, 1.82) is 0 Å². The average molecular weight is 332 g/mol. The standard InChI is InChI=1S/C20H33N3O/c1-6-21-19(23(5)13-17-11-12-24-14-17)22-15-20(3,4)18-10-8-7-9-16(18)2/h7-10,17H,6,11-15H2,1-5H3,(H,21,22). The van der Waals surface area contributed by atoms with E-state index in [4.69, 9.17) is 9.73 Å². The Balaban J connectivity index is 2.07. The van der Waals surface area contributed by atoms with Gasteiger partial charge in [-0.1, -0.05) is 38.1 Å². The summed E-state index contributed by atoms with van der Waals surface area (Å²) in [5.74, 6) is 1.61. The van der Waals surface area contributed by atoms with E-state index in [-0.39, 0.29) is 5.41 Å². The molecule has 0 bridgehead atoms. The van der Waals surface area contributed by atoms with Crippen molar-refractivity contribution >= 4 is 5.96 Å². The maximum atomic E-state index is 5.50. The van der Waals surface area contributed by atoms with E-state index in [2.05, 4.69) is 69.2 Å². The van der Waals surface area contributed by atoms with Crippen LogP contribution < -0.4 is 5.32 Å². The van der Waals surface area contributed by atoms with E-state index in [1.54, 1.807) is 0 Å². The number of hydrogen-bond donors (Lipinski definition) is 1. The van der Waals surface area contributed by atoms with E-state index in [1.807, 2.05) is 0 Å². The van der Waals surface area contributed by atoms with E-state index in [1.165, 1.54) is 11.1 Å². The number of hydrogen-bond acceptors (Lipinski definition) is 2. The van der Waals surface area contributed by atoms with Crippen LogP contribution in [0.5, 0.6) is 0 Å². The molecule has 1 fully saturated rings. The number of rotatable bonds is 6. The highest BCUT2D eigenvalue weighted by atomic mass is 16.5. The predicted octanol–water partition coefficient (Wildman–Crippen LogP) is 3.21. The van der Waals surface area contributed by atoms with E-state index in [0.29, 0.717) is 5.92 Å². The second-order valence-electron chi connectivity index (χ2n) is 7.48. The number of aryl methyl sites for hydroxylation is 1. The SMILES string of the molecule is CCNC(=NCC(C)(C)c1ccccc1C)N(C)CC1CCOC1. The average Bonchev–Trinajstić information content (AvgIpc) is 3.04. The van der Waals surface area contributed by atoms with E-state index in [0.717, 1.165) is 45.2 Å². The van der Waals surface area contributed by atoms with Gasteiger partial charge in [0.15, 0.2) is 5.96 Å². The maximum absolute atomic E-state index is 5.50. The van der Waals surface area contributed by atoms with Crippen molar-refractivity contribution in [1.82, 2.24) is 10.2 Å². The van der Waals surface area contributed by atoms with Crippen molar-refractivity contribution in [2.45, 2.75) is 39.5 Å². The normalized spacial score (nSPS) is 18.7. The molecule has 134 valence electrons. The van der Waals surface area contributed by atoms with Gasteiger partial charge in [-0.3, -0.25) is 4.99 Å². The molecule has 0 spiro atoms. The smallest absolute Gasteiger partial charge is 0.193 e. The summed E-state index contributed by atoms with van der Waals surface area (Å²) in [6, 6.07) is 8.61. The largest absolute Gasteiger partial charge is 0.381 e. The molecular formula is C20H33N3O. The van der Waals surface area contributed by atoms with Crippen LogP contribution in [0.3, 0.4) is 0 Å². The van der Waals surface area contributed by atoms with Crippen molar-refractivity contribution in [3.05, 3.63) is 35.4 Å². The number of ether oxygens (including phenoxy) is 1. The summed E-state index contributed by atoms with van der Waals surface area (Å²) >= 11 is 0. The van der Waals surface area contributed by atoms with Crippen LogP contribution >= 0.6 is 0 Å². The Labute approximate surface area is 147 Å². The Kier molecular flexibility index (Phi) is 6.67. The highest BCUT2D eigenvalue weighted by Crippen LogP contribution is 2.26. The molecule has 0 aromatic heterocycles. The highest BCUT2D eigenvalue weighted by molar-refractivity contribution is 5.79. The zero-order chi connectivity index (χ0) is 17.6. The first-order valence-corrected chi connectivity index (χ1v) is 9.07. The minimum Gasteiger partial charge on any atom is -0.381 e. The van der Waals surface area contributed by atoms with Crippen molar-refractivity contribution in [3.8, 4) is 0 Å². The van der Waals surface area contributed by atoms with Gasteiger partial charge in [0.05, 0.1) is 13.2 Å². The Morgan fingerprint density at radius 2 is 2.12 bits per heavy atom. The van der Waals surface area contributed by atoms with Gasteiger partial charge in [0.25, 0.3) is 0 Å². The molecule has 4 heteroatoms. The minimum absolute atomic E-state index is 0.0172. The molecule has 1 heterocycles. The lowest BCUT2D eigenvalue weighted by Crippen LogP contribution is -2.42. The number of benzene rings is 1. The predicted molar refractivity (Wildman–Crippen MR) is 102 cm³/mol. The fourth-order valence-electron chi connectivity index (χ4n) is 3.36. The molecule has 1 aliphatic heterocycles. The number of aliphatic imine (C=N–C) groups is 1. The van der Waals surface area contributed by atoms with Crippen molar-refractivity contribution < 1.29 is 4.74 Å². The minimum atomic E-state index is 0.0172. The molecule has 1 aromatic rings. The first-order valence-electron chi connectivity index (χ1n) is 9.07. The van der Waals surface area contributed by atoms with E-state index < -0.39 is 0 Å². The number of guanidine groups is 1. The molecule has 1 saturated heterocycles. The van der Waals surface area contributed by atoms with Gasteiger partial charge in [0, 0.05) is 38.1 Å². The van der Waals surface area contributed by atoms with Gasteiger partial charge in [0.2, 0.25) is 0 Å². The van der Waals surface area contributed by atoms with E-state index in [9.17, 15) is 0 Å². The molecule has 0 saturated carbocycles. The molecule has 1 unspecified atom stereocenters. The lowest BCUT2D eigenvalue weighted by molar-refractivity contribution is 0.181. The van der Waals surface area contributed by atoms with Crippen LogP contribution in [-0.2, 0) is 10.2 Å². The van der Waals surface area contributed by atoms with Crippen molar-refractivity contribution in [2.24, 2.45) is 10.9 Å². The molecule has 24 heavy (non-hydrogen) atoms. The fraction of sp³-hybridized carbons (Fsp3) is 0.650. The summed E-state index contributed by atoms with van der Waals surface area (Å²) in [5.41, 5.74) is 2.72. The summed E-state index contributed by atoms with van der Waals surface area (Å²) in [5, 5.41) is 3.43. The summed E-state index contributed by atoms with van der Waals surface area (Å²) in [6.07, 6.45) is 1.15. The van der Waals surface area contributed by atoms with Crippen molar-refractivity contribution in [3.63, 3.8) is 0 Å². The monoisotopic (exact) mass is 331 g/mol. The second kappa shape index (κ2) is 8.52. The summed E-state index contributed by atoms with van der Waals surface area (Å²) in [4.78, 5) is 7.18. The van der Waals surface area contributed by atoms with Gasteiger partial charge in [-0.25, -0.2) is 0 Å². The van der Waals surface area contributed by atoms with Crippen LogP contribution in [0.25, 0.3) is 0 Å². The topological polar surface area (TPSA) is 36.9 Å². The molecule has 1 atom stereocenters. The molecule has 1 aliphatic rings. The number of nitrogens with one attached hydrogen (secondary N) is 1. The summed E-state index contributed by atoms with van der Waals surface area (Å²) in [7, 11) is 2.13. The van der Waals surface area contributed by atoms with Crippen LogP contribution in [0.4, 0.5) is 0 Å². The third-order valence-electron chi connectivity index (χ3n) is 4.75. The van der Waals surface area contributed by atoms with Crippen LogP contribution in [0.1, 0.15) is 38.3 Å². The van der Waals surface area contributed by atoms with Crippen LogP contribution in [0.15, 0.2) is 29.3 Å². The van der Waals surface area contributed by atoms with Gasteiger partial charge in [-0.15, -0.1) is 0 Å². The lowest BCUT2D eigenvalue weighted by atomic mass is 9.82. The van der Waals surface area contributed by atoms with Gasteiger partial charge < -0.3 is 15.0 Å². The zero-order valence-electron chi connectivity index (χ0n) is 15.9. The molecule has 1 aromatic carbocycles. The first-order chi connectivity index (χ1) is 11.4. The third kappa shape index (κ3) is 4.97. The van der Waals surface area contributed by atoms with Crippen LogP contribution in [-0.4, -0.2) is 50.8 Å². The lowest BCUT2D eigenvalue weighted by Gasteiger charge is -2.28. The summed E-state index contributed by atoms with van der Waals surface area (Å²) in [6.45, 7) is 13.3.